The van der Waals surface area contributed by atoms with Gasteiger partial charge in [-0.2, -0.15) is 8.42 Å². The number of rotatable bonds is 5. The van der Waals surface area contributed by atoms with E-state index in [4.69, 9.17) is 13.7 Å². The van der Waals surface area contributed by atoms with E-state index in [9.17, 15) is 28.2 Å². The molecule has 0 radical (unpaired) electrons. The van der Waals surface area contributed by atoms with Crippen molar-refractivity contribution in [3.05, 3.63) is 11.6 Å². The minimum atomic E-state index is -3.76. The van der Waals surface area contributed by atoms with E-state index in [1.807, 2.05) is 0 Å². The summed E-state index contributed by atoms with van der Waals surface area (Å²) in [6.07, 6.45) is 7.01. The van der Waals surface area contributed by atoms with Gasteiger partial charge in [-0.05, 0) is 74.7 Å². The lowest BCUT2D eigenvalue weighted by molar-refractivity contribution is -0.268. The number of esters is 2. The number of fused-ring (bicyclic) bond motifs is 5. The summed E-state index contributed by atoms with van der Waals surface area (Å²) in [5.74, 6) is -0.988. The molecule has 9 nitrogen and oxygen atoms in total. The third-order valence-electron chi connectivity index (χ3n) is 10.6. The fourth-order valence-electron chi connectivity index (χ4n) is 9.02. The Bertz CT molecular complexity index is 1080. The largest absolute Gasteiger partial charge is 0.462 e. The second-order valence-electron chi connectivity index (χ2n) is 12.2. The number of hydrogen-bond acceptors (Lipinski definition) is 9. The van der Waals surface area contributed by atoms with Gasteiger partial charge in [0.25, 0.3) is 10.1 Å². The van der Waals surface area contributed by atoms with Gasteiger partial charge in [0.2, 0.25) is 0 Å². The lowest BCUT2D eigenvalue weighted by Gasteiger charge is -2.66. The number of cyclic esters (lactones) is 1. The molecule has 0 bridgehead atoms. The van der Waals surface area contributed by atoms with Crippen molar-refractivity contribution in [2.75, 3.05) is 19.5 Å². The standard InChI is InChI=1S/C26H38O9S/c1-16(27)35-18-4-9-24(15-34-36(3,31)32)20-5-8-23(2)19(17-12-22(28)33-14-17)7-11-26(23,30)21(20)6-10-25(24,29)13-18/h12,18-21,29-30H,4-11,13-15H2,1-3H3. The van der Waals surface area contributed by atoms with E-state index in [0.717, 1.165) is 18.2 Å². The molecule has 8 unspecified atom stereocenters. The van der Waals surface area contributed by atoms with Crippen LogP contribution < -0.4 is 0 Å². The van der Waals surface area contributed by atoms with Gasteiger partial charge in [-0.15, -0.1) is 0 Å². The topological polar surface area (TPSA) is 136 Å². The van der Waals surface area contributed by atoms with E-state index >= 15 is 0 Å². The van der Waals surface area contributed by atoms with Gasteiger partial charge in [-0.25, -0.2) is 4.79 Å². The quantitative estimate of drug-likeness (QED) is 0.408. The molecule has 0 aromatic rings. The van der Waals surface area contributed by atoms with Gasteiger partial charge in [-0.1, -0.05) is 6.92 Å². The Morgan fingerprint density at radius 2 is 1.83 bits per heavy atom. The summed E-state index contributed by atoms with van der Waals surface area (Å²) in [6.45, 7) is 3.58. The highest BCUT2D eigenvalue weighted by Gasteiger charge is 2.71. The van der Waals surface area contributed by atoms with E-state index in [2.05, 4.69) is 6.92 Å². The molecule has 4 aliphatic carbocycles. The van der Waals surface area contributed by atoms with Crippen molar-refractivity contribution in [1.82, 2.24) is 0 Å². The molecule has 5 rings (SSSR count). The Balaban J connectivity index is 1.50. The summed E-state index contributed by atoms with van der Waals surface area (Å²) in [5, 5.41) is 24.5. The first-order valence-electron chi connectivity index (χ1n) is 13.1. The van der Waals surface area contributed by atoms with Crippen LogP contribution in [0, 0.1) is 28.6 Å². The van der Waals surface area contributed by atoms with Crippen LogP contribution in [0.25, 0.3) is 0 Å². The normalized spacial score (nSPS) is 46.2. The van der Waals surface area contributed by atoms with Crippen LogP contribution in [0.4, 0.5) is 0 Å². The first-order chi connectivity index (χ1) is 16.7. The molecule has 4 saturated carbocycles. The van der Waals surface area contributed by atoms with Gasteiger partial charge < -0.3 is 19.7 Å². The summed E-state index contributed by atoms with van der Waals surface area (Å²) >= 11 is 0. The van der Waals surface area contributed by atoms with Crippen LogP contribution in [0.2, 0.25) is 0 Å². The Labute approximate surface area is 212 Å². The molecule has 36 heavy (non-hydrogen) atoms. The van der Waals surface area contributed by atoms with Crippen molar-refractivity contribution in [2.24, 2.45) is 28.6 Å². The van der Waals surface area contributed by atoms with Gasteiger partial charge in [-0.3, -0.25) is 8.98 Å². The van der Waals surface area contributed by atoms with Gasteiger partial charge in [0.05, 0.1) is 24.1 Å². The predicted molar refractivity (Wildman–Crippen MR) is 128 cm³/mol. The average molecular weight is 527 g/mol. The van der Waals surface area contributed by atoms with E-state index in [0.29, 0.717) is 44.9 Å². The van der Waals surface area contributed by atoms with E-state index < -0.39 is 44.2 Å². The highest BCUT2D eigenvalue weighted by Crippen LogP contribution is 2.70. The van der Waals surface area contributed by atoms with E-state index in [1.54, 1.807) is 6.08 Å². The minimum Gasteiger partial charge on any atom is -0.462 e. The summed E-state index contributed by atoms with van der Waals surface area (Å²) in [7, 11) is -3.76. The molecule has 202 valence electrons. The lowest BCUT2D eigenvalue weighted by atomic mass is 9.41. The van der Waals surface area contributed by atoms with Crippen molar-refractivity contribution in [2.45, 2.75) is 88.9 Å². The highest BCUT2D eigenvalue weighted by molar-refractivity contribution is 7.85. The zero-order chi connectivity index (χ0) is 26.1. The second kappa shape index (κ2) is 8.51. The molecule has 10 heteroatoms. The molecule has 1 heterocycles. The third-order valence-corrected chi connectivity index (χ3v) is 11.2. The van der Waals surface area contributed by atoms with Crippen molar-refractivity contribution in [3.63, 3.8) is 0 Å². The molecular weight excluding hydrogens is 488 g/mol. The van der Waals surface area contributed by atoms with Gasteiger partial charge in [0.1, 0.15) is 12.7 Å². The van der Waals surface area contributed by atoms with Crippen LogP contribution in [0.1, 0.15) is 71.6 Å². The molecule has 0 aromatic carbocycles. The Morgan fingerprint density at radius 1 is 1.11 bits per heavy atom. The number of aliphatic hydroxyl groups is 2. The zero-order valence-electron chi connectivity index (χ0n) is 21.3. The predicted octanol–water partition coefficient (Wildman–Crippen LogP) is 2.25. The monoisotopic (exact) mass is 526 g/mol. The Hall–Kier alpha value is -1.49. The molecule has 5 aliphatic rings. The smallest absolute Gasteiger partial charge is 0.331 e. The Kier molecular flexibility index (Phi) is 6.18. The second-order valence-corrected chi connectivity index (χ2v) is 13.8. The van der Waals surface area contributed by atoms with Gasteiger partial charge >= 0.3 is 11.9 Å². The van der Waals surface area contributed by atoms with Crippen molar-refractivity contribution >= 4 is 22.1 Å². The summed E-state index contributed by atoms with van der Waals surface area (Å²) in [5.41, 5.74) is -2.67. The van der Waals surface area contributed by atoms with Crippen LogP contribution in [-0.4, -0.2) is 67.3 Å². The third kappa shape index (κ3) is 3.85. The SMILES string of the molecule is CC(=O)OC1CCC2(COS(C)(=O)=O)C3CCC4(C)C(C5=CC(=O)OC5)CCC4(O)C3CCC2(O)C1. The van der Waals surface area contributed by atoms with Crippen LogP contribution in [0.5, 0.6) is 0 Å². The van der Waals surface area contributed by atoms with Crippen LogP contribution in [0.3, 0.4) is 0 Å². The maximum atomic E-state index is 12.4. The molecule has 0 spiro atoms. The molecule has 4 fully saturated rings. The van der Waals surface area contributed by atoms with E-state index in [1.165, 1.54) is 6.92 Å². The Morgan fingerprint density at radius 3 is 2.47 bits per heavy atom. The molecule has 0 saturated heterocycles. The maximum absolute atomic E-state index is 12.4. The highest BCUT2D eigenvalue weighted by atomic mass is 32.2. The first-order valence-corrected chi connectivity index (χ1v) is 14.9. The van der Waals surface area contributed by atoms with Crippen molar-refractivity contribution < 1.29 is 41.9 Å². The van der Waals surface area contributed by atoms with Crippen LogP contribution >= 0.6 is 0 Å². The summed E-state index contributed by atoms with van der Waals surface area (Å²) < 4.78 is 40.2. The van der Waals surface area contributed by atoms with E-state index in [-0.39, 0.29) is 43.4 Å². The van der Waals surface area contributed by atoms with Crippen molar-refractivity contribution in [1.29, 1.82) is 0 Å². The summed E-state index contributed by atoms with van der Waals surface area (Å²) in [4.78, 5) is 23.4. The number of ether oxygens (including phenoxy) is 2. The summed E-state index contributed by atoms with van der Waals surface area (Å²) in [6, 6.07) is 0. The molecule has 0 aromatic heterocycles. The average Bonchev–Trinajstić information content (AvgIpc) is 3.31. The van der Waals surface area contributed by atoms with Crippen LogP contribution in [0.15, 0.2) is 11.6 Å². The van der Waals surface area contributed by atoms with Gasteiger partial charge in [0.15, 0.2) is 0 Å². The number of carbonyl (C=O) groups is 2. The molecule has 1 aliphatic heterocycles. The fourth-order valence-corrected chi connectivity index (χ4v) is 9.44. The first kappa shape index (κ1) is 26.1. The molecular formula is C26H38O9S. The van der Waals surface area contributed by atoms with Gasteiger partial charge in [0, 0.05) is 30.3 Å². The molecule has 0 amide bonds. The number of carbonyl (C=O) groups excluding carboxylic acids is 2. The minimum absolute atomic E-state index is 0.0404. The molecule has 8 atom stereocenters. The lowest BCUT2D eigenvalue weighted by Crippen LogP contribution is -2.69. The van der Waals surface area contributed by atoms with Crippen LogP contribution in [-0.2, 0) is 33.4 Å². The van der Waals surface area contributed by atoms with Crippen molar-refractivity contribution in [3.8, 4) is 0 Å². The zero-order valence-corrected chi connectivity index (χ0v) is 22.1. The maximum Gasteiger partial charge on any atom is 0.331 e. The number of hydrogen-bond donors (Lipinski definition) is 2. The fraction of sp³-hybridized carbons (Fsp3) is 0.846. The molecule has 2 N–H and O–H groups in total.